The average molecular weight is 484 g/mol. The Balaban J connectivity index is 1.71. The lowest BCUT2D eigenvalue weighted by Gasteiger charge is -2.21. The number of anilines is 1. The van der Waals surface area contributed by atoms with Gasteiger partial charge in [0.1, 0.15) is 10.7 Å². The molecule has 0 unspecified atom stereocenters. The molecule has 1 aliphatic rings. The number of sulfonamides is 2. The fourth-order valence-electron chi connectivity index (χ4n) is 3.48. The average Bonchev–Trinajstić information content (AvgIpc) is 3.30. The molecule has 11 heteroatoms. The van der Waals surface area contributed by atoms with Crippen molar-refractivity contribution in [3.63, 3.8) is 0 Å². The van der Waals surface area contributed by atoms with Crippen LogP contribution in [0, 0.1) is 5.82 Å². The highest BCUT2D eigenvalue weighted by molar-refractivity contribution is 7.89. The van der Waals surface area contributed by atoms with Crippen LogP contribution < -0.4 is 5.32 Å². The number of hydrogen-bond acceptors (Lipinski definition) is 5. The summed E-state index contributed by atoms with van der Waals surface area (Å²) in [6, 6.07) is 10.7. The van der Waals surface area contributed by atoms with E-state index in [2.05, 4.69) is 5.32 Å². The molecule has 1 amide bonds. The third kappa shape index (κ3) is 5.34. The first-order valence-corrected chi connectivity index (χ1v) is 13.2. The molecule has 0 spiro atoms. The van der Waals surface area contributed by atoms with Gasteiger partial charge in [-0.1, -0.05) is 19.1 Å². The molecule has 0 bridgehead atoms. The zero-order valence-corrected chi connectivity index (χ0v) is 19.3. The number of rotatable bonds is 9. The van der Waals surface area contributed by atoms with Gasteiger partial charge in [0.25, 0.3) is 0 Å². The highest BCUT2D eigenvalue weighted by Crippen LogP contribution is 2.23. The fourth-order valence-corrected chi connectivity index (χ4v) is 6.55. The lowest BCUT2D eigenvalue weighted by molar-refractivity contribution is -0.116. The van der Waals surface area contributed by atoms with Gasteiger partial charge in [-0.05, 0) is 55.7 Å². The Morgan fingerprint density at radius 3 is 2.25 bits per heavy atom. The SMILES string of the molecule is CCCN(CC(=O)Nc1ccc(S(=O)(=O)N2CCCC2)cc1)S(=O)(=O)c1ccccc1F. The minimum absolute atomic E-state index is 0.0388. The molecule has 0 aliphatic carbocycles. The first-order valence-electron chi connectivity index (χ1n) is 10.3. The summed E-state index contributed by atoms with van der Waals surface area (Å²) in [4.78, 5) is 12.2. The molecule has 0 aromatic heterocycles. The third-order valence-corrected chi connectivity index (χ3v) is 8.88. The fraction of sp³-hybridized carbons (Fsp3) is 0.381. The summed E-state index contributed by atoms with van der Waals surface area (Å²) in [5.41, 5.74) is 0.329. The maximum atomic E-state index is 14.1. The van der Waals surface area contributed by atoms with Gasteiger partial charge in [0.2, 0.25) is 26.0 Å². The molecule has 1 saturated heterocycles. The molecule has 2 aromatic rings. The maximum Gasteiger partial charge on any atom is 0.246 e. The van der Waals surface area contributed by atoms with Crippen LogP contribution in [0.4, 0.5) is 10.1 Å². The van der Waals surface area contributed by atoms with Gasteiger partial charge in [-0.15, -0.1) is 0 Å². The number of benzene rings is 2. The smallest absolute Gasteiger partial charge is 0.246 e. The first-order chi connectivity index (χ1) is 15.2. The van der Waals surface area contributed by atoms with Crippen LogP contribution in [0.15, 0.2) is 58.3 Å². The molecule has 3 rings (SSSR count). The third-order valence-electron chi connectivity index (χ3n) is 5.09. The summed E-state index contributed by atoms with van der Waals surface area (Å²) in [7, 11) is -7.77. The number of carbonyl (C=O) groups is 1. The number of nitrogens with zero attached hydrogens (tertiary/aromatic N) is 2. The zero-order valence-electron chi connectivity index (χ0n) is 17.7. The Morgan fingerprint density at radius 2 is 1.66 bits per heavy atom. The molecule has 8 nitrogen and oxygen atoms in total. The molecule has 1 N–H and O–H groups in total. The molecule has 1 fully saturated rings. The summed E-state index contributed by atoms with van der Waals surface area (Å²) >= 11 is 0. The van der Waals surface area contributed by atoms with Crippen LogP contribution in [0.5, 0.6) is 0 Å². The molecule has 0 atom stereocenters. The second kappa shape index (κ2) is 10.1. The zero-order chi connectivity index (χ0) is 23.4. The monoisotopic (exact) mass is 483 g/mol. The molecule has 0 saturated carbocycles. The van der Waals surface area contributed by atoms with Crippen molar-refractivity contribution in [2.45, 2.75) is 36.0 Å². The van der Waals surface area contributed by atoms with Gasteiger partial charge in [-0.3, -0.25) is 4.79 Å². The van der Waals surface area contributed by atoms with Crippen LogP contribution in [0.25, 0.3) is 0 Å². The van der Waals surface area contributed by atoms with Crippen molar-refractivity contribution in [1.29, 1.82) is 0 Å². The molecule has 2 aromatic carbocycles. The van der Waals surface area contributed by atoms with E-state index >= 15 is 0 Å². The predicted molar refractivity (Wildman–Crippen MR) is 119 cm³/mol. The predicted octanol–water partition coefficient (Wildman–Crippen LogP) is 2.65. The molecular weight excluding hydrogens is 457 g/mol. The van der Waals surface area contributed by atoms with Crippen LogP contribution in [0.2, 0.25) is 0 Å². The van der Waals surface area contributed by atoms with E-state index in [0.29, 0.717) is 25.2 Å². The molecule has 32 heavy (non-hydrogen) atoms. The van der Waals surface area contributed by atoms with Crippen LogP contribution in [-0.4, -0.2) is 57.5 Å². The molecule has 1 heterocycles. The van der Waals surface area contributed by atoms with E-state index in [0.717, 1.165) is 29.3 Å². The van der Waals surface area contributed by atoms with E-state index in [1.54, 1.807) is 6.92 Å². The van der Waals surface area contributed by atoms with E-state index in [9.17, 15) is 26.0 Å². The normalized spacial score (nSPS) is 15.2. The van der Waals surface area contributed by atoms with E-state index in [1.165, 1.54) is 40.7 Å². The van der Waals surface area contributed by atoms with Gasteiger partial charge in [0.15, 0.2) is 0 Å². The Kier molecular flexibility index (Phi) is 7.65. The number of hydrogen-bond donors (Lipinski definition) is 1. The summed E-state index contributed by atoms with van der Waals surface area (Å²) in [5.74, 6) is -1.50. The minimum Gasteiger partial charge on any atom is -0.325 e. The Morgan fingerprint density at radius 1 is 1.03 bits per heavy atom. The van der Waals surface area contributed by atoms with Crippen LogP contribution in [-0.2, 0) is 24.8 Å². The summed E-state index contributed by atoms with van der Waals surface area (Å²) in [5, 5.41) is 2.57. The largest absolute Gasteiger partial charge is 0.325 e. The van der Waals surface area contributed by atoms with Crippen molar-refractivity contribution in [2.24, 2.45) is 0 Å². The molecule has 1 aliphatic heterocycles. The standard InChI is InChI=1S/C21H26FN3O5S2/c1-2-13-25(32(29,30)20-8-4-3-7-19(20)22)16-21(26)23-17-9-11-18(12-10-17)31(27,28)24-14-5-6-15-24/h3-4,7-12H,2,5-6,13-16H2,1H3,(H,23,26). The molecule has 174 valence electrons. The lowest BCUT2D eigenvalue weighted by atomic mass is 10.3. The van der Waals surface area contributed by atoms with Gasteiger partial charge < -0.3 is 5.32 Å². The summed E-state index contributed by atoms with van der Waals surface area (Å²) < 4.78 is 67.3. The van der Waals surface area contributed by atoms with E-state index in [-0.39, 0.29) is 11.4 Å². The number of carbonyl (C=O) groups excluding carboxylic acids is 1. The Labute approximate surface area is 188 Å². The van der Waals surface area contributed by atoms with Crippen molar-refractivity contribution >= 4 is 31.6 Å². The maximum absolute atomic E-state index is 14.1. The first kappa shape index (κ1) is 24.3. The van der Waals surface area contributed by atoms with Gasteiger partial charge in [-0.2, -0.15) is 8.61 Å². The van der Waals surface area contributed by atoms with Crippen LogP contribution >= 0.6 is 0 Å². The van der Waals surface area contributed by atoms with Gasteiger partial charge in [-0.25, -0.2) is 21.2 Å². The second-order valence-corrected chi connectivity index (χ2v) is 11.3. The van der Waals surface area contributed by atoms with Gasteiger partial charge >= 0.3 is 0 Å². The topological polar surface area (TPSA) is 104 Å². The number of amides is 1. The molecule has 0 radical (unpaired) electrons. The van der Waals surface area contributed by atoms with E-state index in [4.69, 9.17) is 0 Å². The number of halogens is 1. The van der Waals surface area contributed by atoms with Crippen molar-refractivity contribution in [3.8, 4) is 0 Å². The Hall–Kier alpha value is -2.34. The minimum atomic E-state index is -4.20. The van der Waals surface area contributed by atoms with Crippen LogP contribution in [0.1, 0.15) is 26.2 Å². The molecular formula is C21H26FN3O5S2. The van der Waals surface area contributed by atoms with E-state index < -0.39 is 43.2 Å². The quantitative estimate of drug-likeness (QED) is 0.591. The highest BCUT2D eigenvalue weighted by atomic mass is 32.2. The van der Waals surface area contributed by atoms with Crippen LogP contribution in [0.3, 0.4) is 0 Å². The van der Waals surface area contributed by atoms with Crippen molar-refractivity contribution in [2.75, 3.05) is 31.5 Å². The van der Waals surface area contributed by atoms with Crippen molar-refractivity contribution in [3.05, 3.63) is 54.3 Å². The summed E-state index contributed by atoms with van der Waals surface area (Å²) in [6.45, 7) is 2.27. The highest BCUT2D eigenvalue weighted by Gasteiger charge is 2.29. The Bertz CT molecular complexity index is 1160. The number of nitrogens with one attached hydrogen (secondary N) is 1. The van der Waals surface area contributed by atoms with Gasteiger partial charge in [0.05, 0.1) is 11.4 Å². The van der Waals surface area contributed by atoms with Crippen molar-refractivity contribution < 1.29 is 26.0 Å². The lowest BCUT2D eigenvalue weighted by Crippen LogP contribution is -2.38. The van der Waals surface area contributed by atoms with E-state index in [1.807, 2.05) is 0 Å². The summed E-state index contributed by atoms with van der Waals surface area (Å²) in [6.07, 6.45) is 2.10. The van der Waals surface area contributed by atoms with Gasteiger partial charge in [0, 0.05) is 25.3 Å². The van der Waals surface area contributed by atoms with Crippen molar-refractivity contribution in [1.82, 2.24) is 8.61 Å². The second-order valence-electron chi connectivity index (χ2n) is 7.45.